The molecule has 43 heavy (non-hydrogen) atoms. The molecule has 230 valence electrons. The predicted octanol–water partition coefficient (Wildman–Crippen LogP) is 6.22. The van der Waals surface area contributed by atoms with Gasteiger partial charge in [0.15, 0.2) is 0 Å². The number of carbonyl (C=O) groups is 2. The SMILES string of the molecule is CC[C@H](C(=O)NC1CCCCC1)N(Cc1ccccc1)C(=O)CN(c1ccc(C)cc1)S(=O)(=O)c1ccc(OC)c(Br)c1. The Morgan fingerprint density at radius 2 is 1.67 bits per heavy atom. The first-order chi connectivity index (χ1) is 20.6. The predicted molar refractivity (Wildman–Crippen MR) is 172 cm³/mol. The highest BCUT2D eigenvalue weighted by Gasteiger charge is 2.34. The van der Waals surface area contributed by atoms with Crippen LogP contribution in [0.2, 0.25) is 0 Å². The molecule has 1 N–H and O–H groups in total. The number of methoxy groups -OCH3 is 1. The van der Waals surface area contributed by atoms with E-state index >= 15 is 0 Å². The molecule has 0 saturated heterocycles. The van der Waals surface area contributed by atoms with Crippen LogP contribution in [0.4, 0.5) is 5.69 Å². The Hall–Kier alpha value is -3.37. The molecule has 10 heteroatoms. The summed E-state index contributed by atoms with van der Waals surface area (Å²) in [6, 6.07) is 20.3. The molecule has 1 fully saturated rings. The number of rotatable bonds is 12. The van der Waals surface area contributed by atoms with Crippen molar-refractivity contribution >= 4 is 43.5 Å². The van der Waals surface area contributed by atoms with Gasteiger partial charge in [-0.05, 0) is 78.0 Å². The lowest BCUT2D eigenvalue weighted by atomic mass is 9.95. The molecule has 1 aliphatic rings. The minimum absolute atomic E-state index is 0.00485. The van der Waals surface area contributed by atoms with Crippen LogP contribution in [0.25, 0.3) is 0 Å². The molecule has 1 aliphatic carbocycles. The van der Waals surface area contributed by atoms with Crippen LogP contribution in [0.3, 0.4) is 0 Å². The number of halogens is 1. The quantitative estimate of drug-likeness (QED) is 0.247. The number of amides is 2. The Bertz CT molecular complexity index is 1490. The third-order valence-corrected chi connectivity index (χ3v) is 10.2. The Morgan fingerprint density at radius 3 is 2.28 bits per heavy atom. The topological polar surface area (TPSA) is 96.0 Å². The number of benzene rings is 3. The molecule has 0 radical (unpaired) electrons. The summed E-state index contributed by atoms with van der Waals surface area (Å²) in [5, 5.41) is 3.17. The van der Waals surface area contributed by atoms with E-state index in [1.807, 2.05) is 44.2 Å². The Labute approximate surface area is 263 Å². The molecule has 3 aromatic rings. The second-order valence-corrected chi connectivity index (χ2v) is 13.6. The first-order valence-electron chi connectivity index (χ1n) is 14.7. The fraction of sp³-hybridized carbons (Fsp3) is 0.394. The zero-order valence-electron chi connectivity index (χ0n) is 25.0. The summed E-state index contributed by atoms with van der Waals surface area (Å²) in [4.78, 5) is 29.4. The van der Waals surface area contributed by atoms with Crippen molar-refractivity contribution in [2.45, 2.75) is 75.9 Å². The number of aryl methyl sites for hydroxylation is 1. The normalized spacial score (nSPS) is 14.5. The van der Waals surface area contributed by atoms with Gasteiger partial charge in [-0.25, -0.2) is 8.42 Å². The van der Waals surface area contributed by atoms with Gasteiger partial charge < -0.3 is 15.0 Å². The fourth-order valence-electron chi connectivity index (χ4n) is 5.42. The first-order valence-corrected chi connectivity index (χ1v) is 16.9. The van der Waals surface area contributed by atoms with Crippen molar-refractivity contribution in [1.82, 2.24) is 10.2 Å². The van der Waals surface area contributed by atoms with Crippen molar-refractivity contribution in [2.24, 2.45) is 0 Å². The summed E-state index contributed by atoms with van der Waals surface area (Å²) in [5.74, 6) is -0.186. The number of nitrogens with zero attached hydrogens (tertiary/aromatic N) is 2. The summed E-state index contributed by atoms with van der Waals surface area (Å²) in [7, 11) is -2.69. The standard InChI is InChI=1S/C33H40BrN3O5S/c1-4-30(33(39)35-26-13-9-6-10-14-26)36(22-25-11-7-5-8-12-25)32(38)23-37(27-17-15-24(2)16-18-27)43(40,41)28-19-20-31(42-3)29(34)21-28/h5,7-8,11-12,15-21,26,30H,4,6,9-10,13-14,22-23H2,1-3H3,(H,35,39)/t30-/m1/s1. The molecule has 0 aliphatic heterocycles. The van der Waals surface area contributed by atoms with Gasteiger partial charge in [-0.2, -0.15) is 0 Å². The number of hydrogen-bond acceptors (Lipinski definition) is 5. The van der Waals surface area contributed by atoms with Crippen molar-refractivity contribution < 1.29 is 22.7 Å². The van der Waals surface area contributed by atoms with Crippen LogP contribution >= 0.6 is 15.9 Å². The van der Waals surface area contributed by atoms with E-state index in [1.54, 1.807) is 30.3 Å². The average Bonchev–Trinajstić information content (AvgIpc) is 3.01. The van der Waals surface area contributed by atoms with Crippen LogP contribution in [-0.2, 0) is 26.2 Å². The molecule has 1 atom stereocenters. The summed E-state index contributed by atoms with van der Waals surface area (Å²) in [5.41, 5.74) is 2.16. The average molecular weight is 671 g/mol. The molecule has 0 spiro atoms. The van der Waals surface area contributed by atoms with Gasteiger partial charge in [0.1, 0.15) is 18.3 Å². The van der Waals surface area contributed by atoms with Crippen LogP contribution < -0.4 is 14.4 Å². The number of nitrogens with one attached hydrogen (secondary N) is 1. The molecule has 0 aromatic heterocycles. The summed E-state index contributed by atoms with van der Waals surface area (Å²) in [6.45, 7) is 3.48. The van der Waals surface area contributed by atoms with E-state index in [2.05, 4.69) is 21.2 Å². The Morgan fingerprint density at radius 1 is 1.00 bits per heavy atom. The van der Waals surface area contributed by atoms with Gasteiger partial charge in [-0.15, -0.1) is 0 Å². The van der Waals surface area contributed by atoms with Crippen LogP contribution in [0.5, 0.6) is 5.75 Å². The van der Waals surface area contributed by atoms with E-state index in [0.29, 0.717) is 22.3 Å². The van der Waals surface area contributed by atoms with Crippen molar-refractivity contribution in [3.63, 3.8) is 0 Å². The lowest BCUT2D eigenvalue weighted by molar-refractivity contribution is -0.140. The van der Waals surface area contributed by atoms with Gasteiger partial charge in [0, 0.05) is 12.6 Å². The second-order valence-electron chi connectivity index (χ2n) is 10.9. The van der Waals surface area contributed by atoms with E-state index in [4.69, 9.17) is 4.74 Å². The smallest absolute Gasteiger partial charge is 0.264 e. The van der Waals surface area contributed by atoms with Crippen LogP contribution in [0.1, 0.15) is 56.6 Å². The molecule has 8 nitrogen and oxygen atoms in total. The summed E-state index contributed by atoms with van der Waals surface area (Å²) in [6.07, 6.45) is 5.53. The van der Waals surface area contributed by atoms with Crippen molar-refractivity contribution in [3.8, 4) is 5.75 Å². The molecule has 4 rings (SSSR count). The lowest BCUT2D eigenvalue weighted by Crippen LogP contribution is -2.54. The maximum absolute atomic E-state index is 14.3. The van der Waals surface area contributed by atoms with Crippen molar-refractivity contribution in [1.29, 1.82) is 0 Å². The number of carbonyl (C=O) groups excluding carboxylic acids is 2. The molecule has 1 saturated carbocycles. The molecule has 0 bridgehead atoms. The monoisotopic (exact) mass is 669 g/mol. The van der Waals surface area contributed by atoms with Gasteiger partial charge in [-0.1, -0.05) is 74.2 Å². The third-order valence-electron chi connectivity index (χ3n) is 7.85. The second kappa shape index (κ2) is 14.9. The molecule has 3 aromatic carbocycles. The van der Waals surface area contributed by atoms with Crippen LogP contribution in [0, 0.1) is 6.92 Å². The molecule has 2 amide bonds. The number of anilines is 1. The Kier molecular flexibility index (Phi) is 11.3. The zero-order valence-corrected chi connectivity index (χ0v) is 27.4. The minimum Gasteiger partial charge on any atom is -0.496 e. The van der Waals surface area contributed by atoms with E-state index in [1.165, 1.54) is 24.1 Å². The Balaban J connectivity index is 1.70. The lowest BCUT2D eigenvalue weighted by Gasteiger charge is -2.34. The molecule has 0 heterocycles. The fourth-order valence-corrected chi connectivity index (χ4v) is 7.55. The largest absolute Gasteiger partial charge is 0.496 e. The highest BCUT2D eigenvalue weighted by molar-refractivity contribution is 9.10. The van der Waals surface area contributed by atoms with Crippen molar-refractivity contribution in [2.75, 3.05) is 18.0 Å². The number of sulfonamides is 1. The van der Waals surface area contributed by atoms with E-state index < -0.39 is 28.5 Å². The maximum Gasteiger partial charge on any atom is 0.264 e. The van der Waals surface area contributed by atoms with E-state index in [-0.39, 0.29) is 23.4 Å². The van der Waals surface area contributed by atoms with Gasteiger partial charge in [0.25, 0.3) is 10.0 Å². The van der Waals surface area contributed by atoms with E-state index in [9.17, 15) is 18.0 Å². The summed E-state index contributed by atoms with van der Waals surface area (Å²) < 4.78 is 35.1. The molecule has 0 unspecified atom stereocenters. The van der Waals surface area contributed by atoms with Crippen molar-refractivity contribution in [3.05, 3.63) is 88.4 Å². The van der Waals surface area contributed by atoms with Crippen LogP contribution in [-0.4, -0.2) is 50.9 Å². The third kappa shape index (κ3) is 8.17. The highest BCUT2D eigenvalue weighted by atomic mass is 79.9. The van der Waals surface area contributed by atoms with Gasteiger partial charge in [0.2, 0.25) is 11.8 Å². The zero-order chi connectivity index (χ0) is 31.0. The van der Waals surface area contributed by atoms with Gasteiger partial charge in [0.05, 0.1) is 22.2 Å². The maximum atomic E-state index is 14.3. The number of hydrogen-bond donors (Lipinski definition) is 1. The summed E-state index contributed by atoms with van der Waals surface area (Å²) >= 11 is 3.38. The minimum atomic E-state index is -4.19. The van der Waals surface area contributed by atoms with Gasteiger partial charge in [-0.3, -0.25) is 13.9 Å². The van der Waals surface area contributed by atoms with Crippen LogP contribution in [0.15, 0.2) is 82.2 Å². The number of ether oxygens (including phenoxy) is 1. The first kappa shape index (κ1) is 32.5. The highest BCUT2D eigenvalue weighted by Crippen LogP contribution is 2.31. The molecular weight excluding hydrogens is 630 g/mol. The molecular formula is C33H40BrN3O5S. The van der Waals surface area contributed by atoms with E-state index in [0.717, 1.165) is 47.5 Å². The van der Waals surface area contributed by atoms with Gasteiger partial charge >= 0.3 is 0 Å².